The van der Waals surface area contributed by atoms with Gasteiger partial charge in [-0.15, -0.1) is 0 Å². The number of nitrogens with zero attached hydrogens (tertiary/aromatic N) is 3. The minimum atomic E-state index is -0.440. The molecule has 22 heavy (non-hydrogen) atoms. The highest BCUT2D eigenvalue weighted by atomic mass is 35.5. The van der Waals surface area contributed by atoms with Crippen LogP contribution in [0, 0.1) is 0 Å². The van der Waals surface area contributed by atoms with Crippen molar-refractivity contribution in [1.29, 1.82) is 0 Å². The molecule has 0 unspecified atom stereocenters. The fourth-order valence-corrected chi connectivity index (χ4v) is 3.25. The van der Waals surface area contributed by atoms with Crippen molar-refractivity contribution >= 4 is 28.5 Å². The number of carbonyl (C=O) groups excluding carboxylic acids is 1. The van der Waals surface area contributed by atoms with Crippen LogP contribution in [0.3, 0.4) is 0 Å². The van der Waals surface area contributed by atoms with Crippen molar-refractivity contribution < 1.29 is 4.79 Å². The Hall–Kier alpha value is -2.40. The molecule has 0 fully saturated rings. The molecule has 1 aromatic carbocycles. The molecule has 1 amide bonds. The summed E-state index contributed by atoms with van der Waals surface area (Å²) < 4.78 is 1.95. The molecule has 1 aliphatic heterocycles. The Morgan fingerprint density at radius 2 is 2.14 bits per heavy atom. The highest BCUT2D eigenvalue weighted by Crippen LogP contribution is 2.37. The molecule has 2 aromatic heterocycles. The number of nitrogens with one attached hydrogen (secondary N) is 1. The lowest BCUT2D eigenvalue weighted by atomic mass is 9.94. The molecular formula is C16H13ClN4O. The van der Waals surface area contributed by atoms with Crippen LogP contribution in [-0.4, -0.2) is 20.4 Å². The maximum Gasteiger partial charge on any atom is 0.253 e. The van der Waals surface area contributed by atoms with Crippen molar-refractivity contribution in [3.8, 4) is 5.69 Å². The predicted molar refractivity (Wildman–Crippen MR) is 84.4 cm³/mol. The molecule has 110 valence electrons. The number of hydrogen-bond donors (Lipinski definition) is 1. The molecule has 0 saturated heterocycles. The van der Waals surface area contributed by atoms with Crippen LogP contribution >= 0.6 is 11.6 Å². The second kappa shape index (κ2) is 4.30. The van der Waals surface area contributed by atoms with Crippen molar-refractivity contribution in [2.75, 3.05) is 0 Å². The first kappa shape index (κ1) is 13.3. The van der Waals surface area contributed by atoms with E-state index in [2.05, 4.69) is 15.3 Å². The molecular weight excluding hydrogens is 300 g/mol. The van der Waals surface area contributed by atoms with Crippen molar-refractivity contribution in [3.05, 3.63) is 53.1 Å². The van der Waals surface area contributed by atoms with E-state index in [1.54, 1.807) is 12.3 Å². The van der Waals surface area contributed by atoms with Crippen molar-refractivity contribution in [2.24, 2.45) is 0 Å². The van der Waals surface area contributed by atoms with Crippen LogP contribution in [0.2, 0.25) is 5.02 Å². The van der Waals surface area contributed by atoms with Gasteiger partial charge in [0.1, 0.15) is 12.0 Å². The molecule has 0 spiro atoms. The third-order valence-electron chi connectivity index (χ3n) is 4.03. The fourth-order valence-electron chi connectivity index (χ4n) is 2.96. The van der Waals surface area contributed by atoms with Crippen LogP contribution in [-0.2, 0) is 5.54 Å². The average molecular weight is 313 g/mol. The SMILES string of the molecule is CC1(C)NC(=O)c2c(Cl)cc(-n3ccc4cncnc43)cc21. The molecule has 6 heteroatoms. The van der Waals surface area contributed by atoms with Gasteiger partial charge in [-0.3, -0.25) is 4.79 Å². The lowest BCUT2D eigenvalue weighted by Crippen LogP contribution is -2.32. The number of aromatic nitrogens is 3. The van der Waals surface area contributed by atoms with Crippen LogP contribution in [0.15, 0.2) is 36.9 Å². The number of carbonyl (C=O) groups is 1. The van der Waals surface area contributed by atoms with Gasteiger partial charge in [0, 0.05) is 23.5 Å². The average Bonchev–Trinajstić information content (AvgIpc) is 2.98. The van der Waals surface area contributed by atoms with E-state index in [4.69, 9.17) is 11.6 Å². The van der Waals surface area contributed by atoms with Gasteiger partial charge in [-0.25, -0.2) is 9.97 Å². The molecule has 4 rings (SSSR count). The maximum absolute atomic E-state index is 12.1. The minimum absolute atomic E-state index is 0.128. The van der Waals surface area contributed by atoms with E-state index in [-0.39, 0.29) is 5.91 Å². The molecule has 0 bridgehead atoms. The number of benzene rings is 1. The largest absolute Gasteiger partial charge is 0.343 e. The van der Waals surface area contributed by atoms with Gasteiger partial charge in [-0.1, -0.05) is 11.6 Å². The highest BCUT2D eigenvalue weighted by molar-refractivity contribution is 6.34. The highest BCUT2D eigenvalue weighted by Gasteiger charge is 2.37. The normalized spacial score (nSPS) is 15.9. The number of rotatable bonds is 1. The zero-order valence-corrected chi connectivity index (χ0v) is 12.8. The van der Waals surface area contributed by atoms with E-state index in [9.17, 15) is 4.79 Å². The van der Waals surface area contributed by atoms with Gasteiger partial charge in [0.25, 0.3) is 5.91 Å². The van der Waals surface area contributed by atoms with E-state index >= 15 is 0 Å². The summed E-state index contributed by atoms with van der Waals surface area (Å²) in [5.41, 5.74) is 2.70. The van der Waals surface area contributed by atoms with Gasteiger partial charge in [0.05, 0.1) is 16.1 Å². The summed E-state index contributed by atoms with van der Waals surface area (Å²) in [6, 6.07) is 5.73. The zero-order valence-electron chi connectivity index (χ0n) is 12.1. The molecule has 3 heterocycles. The fraction of sp³-hybridized carbons (Fsp3) is 0.188. The number of amides is 1. The summed E-state index contributed by atoms with van der Waals surface area (Å²) in [6.07, 6.45) is 5.21. The van der Waals surface area contributed by atoms with Crippen LogP contribution < -0.4 is 5.32 Å². The Kier molecular flexibility index (Phi) is 2.60. The lowest BCUT2D eigenvalue weighted by molar-refractivity contribution is 0.0940. The Balaban J connectivity index is 1.99. The lowest BCUT2D eigenvalue weighted by Gasteiger charge is -2.20. The Morgan fingerprint density at radius 3 is 2.95 bits per heavy atom. The first-order chi connectivity index (χ1) is 10.5. The summed E-state index contributed by atoms with van der Waals surface area (Å²) in [6.45, 7) is 3.93. The van der Waals surface area contributed by atoms with E-state index in [1.165, 1.54) is 6.33 Å². The van der Waals surface area contributed by atoms with Gasteiger partial charge < -0.3 is 9.88 Å². The van der Waals surface area contributed by atoms with Gasteiger partial charge in [0.15, 0.2) is 0 Å². The van der Waals surface area contributed by atoms with Crippen molar-refractivity contribution in [2.45, 2.75) is 19.4 Å². The molecule has 0 saturated carbocycles. The molecule has 0 radical (unpaired) electrons. The summed E-state index contributed by atoms with van der Waals surface area (Å²) in [5.74, 6) is -0.128. The second-order valence-electron chi connectivity index (χ2n) is 5.92. The van der Waals surface area contributed by atoms with Gasteiger partial charge in [0.2, 0.25) is 0 Å². The van der Waals surface area contributed by atoms with Crippen LogP contribution in [0.25, 0.3) is 16.7 Å². The third kappa shape index (κ3) is 1.75. The first-order valence-electron chi connectivity index (χ1n) is 6.91. The standard InChI is InChI=1S/C16H13ClN4O/c1-16(2)11-5-10(6-12(17)13(11)15(22)20-16)21-4-3-9-7-18-8-19-14(9)21/h3-8H,1-2H3,(H,20,22). The summed E-state index contributed by atoms with van der Waals surface area (Å²) in [7, 11) is 0. The zero-order chi connectivity index (χ0) is 15.5. The van der Waals surface area contributed by atoms with E-state index in [1.807, 2.05) is 36.7 Å². The molecule has 1 aliphatic rings. The Bertz CT molecular complexity index is 929. The van der Waals surface area contributed by atoms with E-state index in [0.717, 1.165) is 22.3 Å². The van der Waals surface area contributed by atoms with Gasteiger partial charge in [-0.05, 0) is 37.6 Å². The second-order valence-corrected chi connectivity index (χ2v) is 6.32. The summed E-state index contributed by atoms with van der Waals surface area (Å²) >= 11 is 6.36. The number of halogens is 1. The monoisotopic (exact) mass is 312 g/mol. The summed E-state index contributed by atoms with van der Waals surface area (Å²) in [5, 5.41) is 4.35. The molecule has 0 aliphatic carbocycles. The molecule has 5 nitrogen and oxygen atoms in total. The molecule has 0 atom stereocenters. The van der Waals surface area contributed by atoms with Crippen LogP contribution in [0.4, 0.5) is 0 Å². The predicted octanol–water partition coefficient (Wildman–Crippen LogP) is 3.05. The Morgan fingerprint density at radius 1 is 1.32 bits per heavy atom. The number of hydrogen-bond acceptors (Lipinski definition) is 3. The third-order valence-corrected chi connectivity index (χ3v) is 4.33. The summed E-state index contributed by atoms with van der Waals surface area (Å²) in [4.78, 5) is 20.4. The van der Waals surface area contributed by atoms with Crippen LogP contribution in [0.5, 0.6) is 0 Å². The minimum Gasteiger partial charge on any atom is -0.343 e. The van der Waals surface area contributed by atoms with E-state index < -0.39 is 5.54 Å². The van der Waals surface area contributed by atoms with Gasteiger partial charge in [-0.2, -0.15) is 0 Å². The quantitative estimate of drug-likeness (QED) is 0.751. The van der Waals surface area contributed by atoms with E-state index in [0.29, 0.717) is 10.6 Å². The first-order valence-corrected chi connectivity index (χ1v) is 7.29. The van der Waals surface area contributed by atoms with Gasteiger partial charge >= 0.3 is 0 Å². The van der Waals surface area contributed by atoms with Crippen molar-refractivity contribution in [3.63, 3.8) is 0 Å². The maximum atomic E-state index is 12.1. The number of fused-ring (bicyclic) bond motifs is 2. The molecule has 1 N–H and O–H groups in total. The van der Waals surface area contributed by atoms with Crippen LogP contribution in [0.1, 0.15) is 29.8 Å². The van der Waals surface area contributed by atoms with Crippen molar-refractivity contribution in [1.82, 2.24) is 19.9 Å². The molecule has 3 aromatic rings. The topological polar surface area (TPSA) is 59.8 Å². The Labute approximate surface area is 131 Å². The smallest absolute Gasteiger partial charge is 0.253 e.